The molecular formula is C10H21N3O. The topological polar surface area (TPSA) is 62.3 Å². The van der Waals surface area contributed by atoms with E-state index < -0.39 is 0 Å². The zero-order valence-electron chi connectivity index (χ0n) is 8.96. The molecule has 1 aliphatic rings. The molecule has 14 heavy (non-hydrogen) atoms. The number of amidine groups is 1. The van der Waals surface area contributed by atoms with E-state index in [0.717, 1.165) is 45.5 Å². The monoisotopic (exact) mass is 199 g/mol. The Morgan fingerprint density at radius 3 is 3.00 bits per heavy atom. The van der Waals surface area contributed by atoms with Gasteiger partial charge in [0, 0.05) is 19.5 Å². The standard InChI is InChI=1S/C10H21N3O/c1-9-8-13(6-7-14-9)5-3-2-4-10(11)12/h9H,2-8H2,1H3,(H3,11,12). The van der Waals surface area contributed by atoms with Gasteiger partial charge in [-0.2, -0.15) is 0 Å². The van der Waals surface area contributed by atoms with Crippen LogP contribution in [0.5, 0.6) is 0 Å². The maximum atomic E-state index is 7.09. The number of rotatable bonds is 5. The lowest BCUT2D eigenvalue weighted by atomic mass is 10.2. The van der Waals surface area contributed by atoms with Crippen LogP contribution in [0.4, 0.5) is 0 Å². The van der Waals surface area contributed by atoms with Crippen molar-refractivity contribution in [1.82, 2.24) is 4.90 Å². The van der Waals surface area contributed by atoms with Crippen LogP contribution >= 0.6 is 0 Å². The van der Waals surface area contributed by atoms with E-state index in [-0.39, 0.29) is 0 Å². The highest BCUT2D eigenvalue weighted by atomic mass is 16.5. The lowest BCUT2D eigenvalue weighted by molar-refractivity contribution is -0.0185. The van der Waals surface area contributed by atoms with Crippen LogP contribution in [0.1, 0.15) is 26.2 Å². The molecule has 0 amide bonds. The Morgan fingerprint density at radius 1 is 1.57 bits per heavy atom. The molecule has 1 atom stereocenters. The van der Waals surface area contributed by atoms with Gasteiger partial charge >= 0.3 is 0 Å². The van der Waals surface area contributed by atoms with Gasteiger partial charge in [-0.1, -0.05) is 0 Å². The molecule has 4 heteroatoms. The van der Waals surface area contributed by atoms with Crippen molar-refractivity contribution in [1.29, 1.82) is 5.41 Å². The van der Waals surface area contributed by atoms with E-state index in [1.807, 2.05) is 0 Å². The largest absolute Gasteiger partial charge is 0.388 e. The molecule has 1 saturated heterocycles. The van der Waals surface area contributed by atoms with Crippen LogP contribution in [0.15, 0.2) is 0 Å². The van der Waals surface area contributed by atoms with Gasteiger partial charge in [0.25, 0.3) is 0 Å². The summed E-state index contributed by atoms with van der Waals surface area (Å²) in [5, 5.41) is 7.09. The Labute approximate surface area is 85.9 Å². The zero-order valence-corrected chi connectivity index (χ0v) is 8.96. The first-order chi connectivity index (χ1) is 6.68. The molecule has 4 nitrogen and oxygen atoms in total. The van der Waals surface area contributed by atoms with Gasteiger partial charge in [-0.15, -0.1) is 0 Å². The average Bonchev–Trinajstić information content (AvgIpc) is 2.12. The molecule has 1 fully saturated rings. The molecule has 0 aromatic carbocycles. The van der Waals surface area contributed by atoms with E-state index in [9.17, 15) is 0 Å². The smallest absolute Gasteiger partial charge is 0.0905 e. The summed E-state index contributed by atoms with van der Waals surface area (Å²) in [5.74, 6) is 0.306. The number of hydrogen-bond acceptors (Lipinski definition) is 3. The highest BCUT2D eigenvalue weighted by Gasteiger charge is 2.15. The predicted octanol–water partition coefficient (Wildman–Crippen LogP) is 0.813. The van der Waals surface area contributed by atoms with Crippen LogP contribution in [-0.2, 0) is 4.74 Å². The first-order valence-electron chi connectivity index (χ1n) is 5.35. The maximum absolute atomic E-state index is 7.09. The summed E-state index contributed by atoms with van der Waals surface area (Å²) >= 11 is 0. The van der Waals surface area contributed by atoms with Gasteiger partial charge in [0.05, 0.1) is 18.5 Å². The minimum Gasteiger partial charge on any atom is -0.388 e. The van der Waals surface area contributed by atoms with Crippen LogP contribution in [-0.4, -0.2) is 43.1 Å². The van der Waals surface area contributed by atoms with Gasteiger partial charge in [0.15, 0.2) is 0 Å². The molecule has 0 aromatic heterocycles. The van der Waals surface area contributed by atoms with Gasteiger partial charge in [-0.25, -0.2) is 0 Å². The molecule has 1 aliphatic heterocycles. The Hall–Kier alpha value is -0.610. The number of nitrogens with two attached hydrogens (primary N) is 1. The van der Waals surface area contributed by atoms with Crippen molar-refractivity contribution in [2.24, 2.45) is 5.73 Å². The van der Waals surface area contributed by atoms with Crippen LogP contribution < -0.4 is 5.73 Å². The van der Waals surface area contributed by atoms with Crippen molar-refractivity contribution >= 4 is 5.84 Å². The van der Waals surface area contributed by atoms with Crippen LogP contribution in [0.2, 0.25) is 0 Å². The highest BCUT2D eigenvalue weighted by molar-refractivity contribution is 5.76. The van der Waals surface area contributed by atoms with E-state index in [0.29, 0.717) is 11.9 Å². The van der Waals surface area contributed by atoms with Crippen LogP contribution in [0, 0.1) is 5.41 Å². The Balaban J connectivity index is 2.03. The van der Waals surface area contributed by atoms with Crippen molar-refractivity contribution in [3.63, 3.8) is 0 Å². The summed E-state index contributed by atoms with van der Waals surface area (Å²) in [7, 11) is 0. The molecule has 0 bridgehead atoms. The summed E-state index contributed by atoms with van der Waals surface area (Å²) in [4.78, 5) is 2.42. The Bertz CT molecular complexity index is 184. The summed E-state index contributed by atoms with van der Waals surface area (Å²) < 4.78 is 5.46. The van der Waals surface area contributed by atoms with Crippen LogP contribution in [0.25, 0.3) is 0 Å². The molecule has 82 valence electrons. The lowest BCUT2D eigenvalue weighted by Crippen LogP contribution is -2.41. The van der Waals surface area contributed by atoms with E-state index in [1.54, 1.807) is 0 Å². The predicted molar refractivity (Wildman–Crippen MR) is 57.6 cm³/mol. The van der Waals surface area contributed by atoms with Crippen molar-refractivity contribution in [3.8, 4) is 0 Å². The van der Waals surface area contributed by atoms with Crippen LogP contribution in [0.3, 0.4) is 0 Å². The van der Waals surface area contributed by atoms with E-state index in [2.05, 4.69) is 11.8 Å². The van der Waals surface area contributed by atoms with E-state index in [4.69, 9.17) is 15.9 Å². The zero-order chi connectivity index (χ0) is 10.4. The Kier molecular flexibility index (Phi) is 4.90. The number of hydrogen-bond donors (Lipinski definition) is 2. The molecule has 0 saturated carbocycles. The molecular weight excluding hydrogens is 178 g/mol. The molecule has 0 radical (unpaired) electrons. The van der Waals surface area contributed by atoms with Crippen molar-refractivity contribution in [2.45, 2.75) is 32.3 Å². The third-order valence-electron chi connectivity index (χ3n) is 2.50. The summed E-state index contributed by atoms with van der Waals surface area (Å²) in [6.45, 7) is 6.17. The molecule has 1 unspecified atom stereocenters. The molecule has 0 aromatic rings. The third kappa shape index (κ3) is 4.58. The molecule has 3 N–H and O–H groups in total. The van der Waals surface area contributed by atoms with E-state index >= 15 is 0 Å². The fourth-order valence-corrected chi connectivity index (χ4v) is 1.74. The maximum Gasteiger partial charge on any atom is 0.0905 e. The fourth-order valence-electron chi connectivity index (χ4n) is 1.74. The Morgan fingerprint density at radius 2 is 2.36 bits per heavy atom. The van der Waals surface area contributed by atoms with Gasteiger partial charge in [0.1, 0.15) is 0 Å². The number of ether oxygens (including phenoxy) is 1. The normalized spacial score (nSPS) is 23.6. The van der Waals surface area contributed by atoms with Crippen molar-refractivity contribution in [3.05, 3.63) is 0 Å². The molecule has 0 spiro atoms. The quantitative estimate of drug-likeness (QED) is 0.391. The average molecular weight is 199 g/mol. The first kappa shape index (κ1) is 11.5. The number of nitrogens with one attached hydrogen (secondary N) is 1. The summed E-state index contributed by atoms with van der Waals surface area (Å²) in [6.07, 6.45) is 3.27. The highest BCUT2D eigenvalue weighted by Crippen LogP contribution is 2.06. The minimum absolute atomic E-state index is 0.306. The molecule has 1 heterocycles. The fraction of sp³-hybridized carbons (Fsp3) is 0.900. The van der Waals surface area contributed by atoms with Gasteiger partial charge in [0.2, 0.25) is 0 Å². The van der Waals surface area contributed by atoms with Crippen molar-refractivity contribution < 1.29 is 4.74 Å². The third-order valence-corrected chi connectivity index (χ3v) is 2.50. The van der Waals surface area contributed by atoms with E-state index in [1.165, 1.54) is 0 Å². The molecule has 0 aliphatic carbocycles. The summed E-state index contributed by atoms with van der Waals surface area (Å²) in [6, 6.07) is 0. The lowest BCUT2D eigenvalue weighted by Gasteiger charge is -2.30. The minimum atomic E-state index is 0.306. The second-order valence-electron chi connectivity index (χ2n) is 3.96. The second kappa shape index (κ2) is 5.98. The van der Waals surface area contributed by atoms with Gasteiger partial charge < -0.3 is 10.5 Å². The molecule has 1 rings (SSSR count). The summed E-state index contributed by atoms with van der Waals surface area (Å²) in [5.41, 5.74) is 5.28. The first-order valence-corrected chi connectivity index (χ1v) is 5.35. The van der Waals surface area contributed by atoms with Gasteiger partial charge in [-0.3, -0.25) is 10.3 Å². The number of nitrogens with zero attached hydrogens (tertiary/aromatic N) is 1. The number of unbranched alkanes of at least 4 members (excludes halogenated alkanes) is 1. The second-order valence-corrected chi connectivity index (χ2v) is 3.96. The van der Waals surface area contributed by atoms with Gasteiger partial charge in [-0.05, 0) is 26.3 Å². The SMILES string of the molecule is CC1CN(CCCCC(=N)N)CCO1. The number of morpholine rings is 1. The van der Waals surface area contributed by atoms with Crippen molar-refractivity contribution in [2.75, 3.05) is 26.2 Å².